The molecular formula is C10H22N2. The molecule has 0 spiro atoms. The first kappa shape index (κ1) is 17.2. The van der Waals surface area contributed by atoms with E-state index < -0.39 is 0 Å². The van der Waals surface area contributed by atoms with E-state index in [0.29, 0.717) is 0 Å². The second-order valence-corrected chi connectivity index (χ2v) is 1.62. The van der Waals surface area contributed by atoms with Crippen LogP contribution in [0.5, 0.6) is 0 Å². The number of hydrogen-bond donors (Lipinski definition) is 0. The molecule has 0 aromatic rings. The summed E-state index contributed by atoms with van der Waals surface area (Å²) in [5.74, 6) is 0. The van der Waals surface area contributed by atoms with Crippen molar-refractivity contribution in [2.45, 2.75) is 41.5 Å². The molecule has 2 nitrogen and oxygen atoms in total. The Kier molecular flexibility index (Phi) is 32.3. The molecule has 0 saturated carbocycles. The van der Waals surface area contributed by atoms with Gasteiger partial charge in [-0.1, -0.05) is 39.8 Å². The van der Waals surface area contributed by atoms with Gasteiger partial charge in [0.25, 0.3) is 0 Å². The Balaban J connectivity index is -0.000000175. The Bertz CT molecular complexity index is 120. The molecule has 0 aliphatic rings. The Hall–Kier alpha value is -0.920. The van der Waals surface area contributed by atoms with E-state index in [4.69, 9.17) is 0 Å². The highest BCUT2D eigenvalue weighted by molar-refractivity contribution is 4.90. The first-order chi connectivity index (χ1) is 5.77. The van der Waals surface area contributed by atoms with Crippen LogP contribution in [-0.4, -0.2) is 0 Å². The van der Waals surface area contributed by atoms with Crippen molar-refractivity contribution in [3.05, 3.63) is 24.6 Å². The molecule has 0 amide bonds. The molecule has 0 rings (SSSR count). The van der Waals surface area contributed by atoms with Crippen molar-refractivity contribution in [3.63, 3.8) is 0 Å². The van der Waals surface area contributed by atoms with E-state index >= 15 is 0 Å². The van der Waals surface area contributed by atoms with Crippen LogP contribution in [0.15, 0.2) is 34.8 Å². The first-order valence-electron chi connectivity index (χ1n) is 4.41. The molecule has 0 fully saturated rings. The normalized spacial score (nSPS) is 7.17. The molecule has 0 N–H and O–H groups in total. The van der Waals surface area contributed by atoms with Crippen molar-refractivity contribution in [2.75, 3.05) is 0 Å². The largest absolute Gasteiger partial charge is 0.160 e. The van der Waals surface area contributed by atoms with E-state index in [2.05, 4.69) is 16.8 Å². The van der Waals surface area contributed by atoms with Crippen LogP contribution in [0.25, 0.3) is 0 Å². The van der Waals surface area contributed by atoms with Gasteiger partial charge in [0.05, 0.1) is 0 Å². The van der Waals surface area contributed by atoms with Gasteiger partial charge >= 0.3 is 0 Å². The zero-order chi connectivity index (χ0) is 10.4. The summed E-state index contributed by atoms with van der Waals surface area (Å²) in [6.07, 6.45) is 3.08. The van der Waals surface area contributed by atoms with Crippen LogP contribution in [0.1, 0.15) is 41.5 Å². The quantitative estimate of drug-likeness (QED) is 0.543. The zero-order valence-corrected chi connectivity index (χ0v) is 9.26. The van der Waals surface area contributed by atoms with Crippen LogP contribution < -0.4 is 0 Å². The van der Waals surface area contributed by atoms with Crippen LogP contribution in [0.3, 0.4) is 0 Å². The minimum Gasteiger partial charge on any atom is -0.160 e. The number of hydrogen-bond acceptors (Lipinski definition) is 2. The molecular weight excluding hydrogens is 148 g/mol. The Morgan fingerprint density at radius 3 is 1.67 bits per heavy atom. The van der Waals surface area contributed by atoms with E-state index in [1.807, 2.05) is 41.5 Å². The molecule has 0 aliphatic heterocycles. The molecule has 0 atom stereocenters. The monoisotopic (exact) mass is 170 g/mol. The molecule has 12 heavy (non-hydrogen) atoms. The maximum Gasteiger partial charge on any atom is 0.0482 e. The van der Waals surface area contributed by atoms with Gasteiger partial charge in [-0.15, -0.1) is 0 Å². The van der Waals surface area contributed by atoms with Crippen molar-refractivity contribution < 1.29 is 0 Å². The van der Waals surface area contributed by atoms with Gasteiger partial charge in [0.15, 0.2) is 0 Å². The molecule has 72 valence electrons. The van der Waals surface area contributed by atoms with E-state index in [9.17, 15) is 0 Å². The summed E-state index contributed by atoms with van der Waals surface area (Å²) >= 11 is 0. The summed E-state index contributed by atoms with van der Waals surface area (Å²) in [5, 5.41) is 7.16. The SMILES string of the molecule is C=CN=NC=C(C)C.CC.CC. The van der Waals surface area contributed by atoms with Crippen LogP contribution in [-0.2, 0) is 0 Å². The lowest BCUT2D eigenvalue weighted by Crippen LogP contribution is -1.56. The summed E-state index contributed by atoms with van der Waals surface area (Å²) in [5.41, 5.74) is 1.13. The van der Waals surface area contributed by atoms with Crippen LogP contribution in [0.4, 0.5) is 0 Å². The number of azo groups is 1. The third-order valence-corrected chi connectivity index (χ3v) is 0.464. The Morgan fingerprint density at radius 1 is 1.00 bits per heavy atom. The molecule has 0 radical (unpaired) electrons. The zero-order valence-electron chi connectivity index (χ0n) is 9.26. The van der Waals surface area contributed by atoms with Gasteiger partial charge in [0, 0.05) is 12.4 Å². The van der Waals surface area contributed by atoms with Gasteiger partial charge in [0.2, 0.25) is 0 Å². The molecule has 0 aromatic heterocycles. The van der Waals surface area contributed by atoms with E-state index in [0.717, 1.165) is 5.57 Å². The van der Waals surface area contributed by atoms with E-state index in [-0.39, 0.29) is 0 Å². The molecule has 0 aliphatic carbocycles. The number of nitrogens with zero attached hydrogens (tertiary/aromatic N) is 2. The third kappa shape index (κ3) is 35.6. The molecule has 0 unspecified atom stereocenters. The smallest absolute Gasteiger partial charge is 0.0482 e. The van der Waals surface area contributed by atoms with Crippen LogP contribution in [0.2, 0.25) is 0 Å². The van der Waals surface area contributed by atoms with Crippen molar-refractivity contribution in [2.24, 2.45) is 10.2 Å². The highest BCUT2D eigenvalue weighted by Gasteiger charge is 1.67. The van der Waals surface area contributed by atoms with Gasteiger partial charge in [-0.2, -0.15) is 10.2 Å². The highest BCUT2D eigenvalue weighted by Crippen LogP contribution is 1.88. The lowest BCUT2D eigenvalue weighted by Gasteiger charge is -1.77. The topological polar surface area (TPSA) is 24.7 Å². The average Bonchev–Trinajstić information content (AvgIpc) is 2.12. The maximum atomic E-state index is 3.63. The average molecular weight is 170 g/mol. The van der Waals surface area contributed by atoms with Crippen molar-refractivity contribution in [1.82, 2.24) is 0 Å². The number of rotatable bonds is 2. The summed E-state index contributed by atoms with van der Waals surface area (Å²) < 4.78 is 0. The first-order valence-corrected chi connectivity index (χ1v) is 4.41. The molecule has 0 heterocycles. The van der Waals surface area contributed by atoms with Gasteiger partial charge in [-0.25, -0.2) is 0 Å². The van der Waals surface area contributed by atoms with Crippen LogP contribution in [0, 0.1) is 0 Å². The minimum absolute atomic E-state index is 1.13. The summed E-state index contributed by atoms with van der Waals surface area (Å²) in [6, 6.07) is 0. The van der Waals surface area contributed by atoms with Gasteiger partial charge < -0.3 is 0 Å². The molecule has 0 saturated heterocycles. The van der Waals surface area contributed by atoms with E-state index in [1.165, 1.54) is 6.20 Å². The predicted molar refractivity (Wildman–Crippen MR) is 57.2 cm³/mol. The standard InChI is InChI=1S/C6H10N2.2C2H6/c1-4-7-8-5-6(2)3;2*1-2/h4-5H,1H2,2-3H3;2*1-2H3. The van der Waals surface area contributed by atoms with Gasteiger partial charge in [-0.05, 0) is 13.8 Å². The van der Waals surface area contributed by atoms with Gasteiger partial charge in [-0.3, -0.25) is 0 Å². The third-order valence-electron chi connectivity index (χ3n) is 0.464. The van der Waals surface area contributed by atoms with Crippen molar-refractivity contribution >= 4 is 0 Å². The second-order valence-electron chi connectivity index (χ2n) is 1.62. The molecule has 0 bridgehead atoms. The van der Waals surface area contributed by atoms with Crippen LogP contribution >= 0.6 is 0 Å². The minimum atomic E-state index is 1.13. The second kappa shape index (κ2) is 22.5. The summed E-state index contributed by atoms with van der Waals surface area (Å²) in [4.78, 5) is 0. The number of allylic oxidation sites excluding steroid dienone is 1. The maximum absolute atomic E-state index is 3.63. The highest BCUT2D eigenvalue weighted by atomic mass is 15.1. The fourth-order valence-electron chi connectivity index (χ4n) is 0.196. The lowest BCUT2D eigenvalue weighted by atomic mass is 10.4. The fourth-order valence-corrected chi connectivity index (χ4v) is 0.196. The van der Waals surface area contributed by atoms with Crippen molar-refractivity contribution in [1.29, 1.82) is 0 Å². The Labute approximate surface area is 77.1 Å². The Morgan fingerprint density at radius 2 is 1.42 bits per heavy atom. The molecule has 2 heteroatoms. The van der Waals surface area contributed by atoms with Gasteiger partial charge in [0.1, 0.15) is 0 Å². The van der Waals surface area contributed by atoms with Crippen molar-refractivity contribution in [3.8, 4) is 0 Å². The molecule has 0 aromatic carbocycles. The predicted octanol–water partition coefficient (Wildman–Crippen LogP) is 4.56. The lowest BCUT2D eigenvalue weighted by molar-refractivity contribution is 1.19. The summed E-state index contributed by atoms with van der Waals surface area (Å²) in [6.45, 7) is 15.3. The summed E-state index contributed by atoms with van der Waals surface area (Å²) in [7, 11) is 0. The fraction of sp³-hybridized carbons (Fsp3) is 0.600. The van der Waals surface area contributed by atoms with E-state index in [1.54, 1.807) is 6.20 Å².